The van der Waals surface area contributed by atoms with Crippen molar-refractivity contribution in [3.05, 3.63) is 70.0 Å². The van der Waals surface area contributed by atoms with Crippen molar-refractivity contribution in [3.63, 3.8) is 0 Å². The van der Waals surface area contributed by atoms with Gasteiger partial charge in [0.2, 0.25) is 0 Å². The number of hydrogen-bond acceptors (Lipinski definition) is 1. The van der Waals surface area contributed by atoms with Gasteiger partial charge in [-0.05, 0) is 47.9 Å². The van der Waals surface area contributed by atoms with E-state index < -0.39 is 23.5 Å². The predicted molar refractivity (Wildman–Crippen MR) is 68.4 cm³/mol. The van der Waals surface area contributed by atoms with Crippen LogP contribution in [0.5, 0.6) is 0 Å². The van der Waals surface area contributed by atoms with Gasteiger partial charge in [0.1, 0.15) is 5.82 Å². The monoisotopic (exact) mass is 285 g/mol. The maximum absolute atomic E-state index is 13.5. The van der Waals surface area contributed by atoms with Gasteiger partial charge >= 0.3 is 0 Å². The van der Waals surface area contributed by atoms with Crippen LogP contribution in [0.25, 0.3) is 0 Å². The third kappa shape index (κ3) is 3.28. The predicted octanol–water partition coefficient (Wildman–Crippen LogP) is 4.00. The Bertz CT molecular complexity index is 601. The molecule has 0 heterocycles. The van der Waals surface area contributed by atoms with Crippen molar-refractivity contribution in [2.24, 2.45) is 5.73 Å². The lowest BCUT2D eigenvalue weighted by Crippen LogP contribution is -2.14. The summed E-state index contributed by atoms with van der Waals surface area (Å²) in [6.07, 6.45) is 0.150. The molecule has 0 aliphatic heterocycles. The highest BCUT2D eigenvalue weighted by atomic mass is 35.5. The van der Waals surface area contributed by atoms with Crippen molar-refractivity contribution in [2.45, 2.75) is 12.5 Å². The van der Waals surface area contributed by atoms with E-state index in [-0.39, 0.29) is 6.42 Å². The number of benzene rings is 2. The Labute approximate surface area is 113 Å². The van der Waals surface area contributed by atoms with Crippen LogP contribution in [0.15, 0.2) is 36.4 Å². The van der Waals surface area contributed by atoms with Gasteiger partial charge in [0.15, 0.2) is 11.6 Å². The van der Waals surface area contributed by atoms with Crippen molar-refractivity contribution in [1.29, 1.82) is 0 Å². The largest absolute Gasteiger partial charge is 0.324 e. The first-order valence-electron chi connectivity index (χ1n) is 5.62. The summed E-state index contributed by atoms with van der Waals surface area (Å²) in [6, 6.07) is 6.91. The Kier molecular flexibility index (Phi) is 4.12. The molecule has 2 aromatic carbocycles. The summed E-state index contributed by atoms with van der Waals surface area (Å²) in [4.78, 5) is 0. The van der Waals surface area contributed by atoms with Crippen molar-refractivity contribution in [3.8, 4) is 0 Å². The van der Waals surface area contributed by atoms with E-state index in [2.05, 4.69) is 0 Å². The standard InChI is InChI=1S/C14H11ClF3N/c15-10-2-4-11(16)9(5-10)7-14(19)8-1-3-12(17)13(18)6-8/h1-6,14H,7,19H2. The minimum absolute atomic E-state index is 0.150. The fourth-order valence-corrected chi connectivity index (χ4v) is 1.99. The van der Waals surface area contributed by atoms with Gasteiger partial charge < -0.3 is 5.73 Å². The highest BCUT2D eigenvalue weighted by Gasteiger charge is 2.13. The van der Waals surface area contributed by atoms with Crippen LogP contribution >= 0.6 is 11.6 Å². The van der Waals surface area contributed by atoms with Gasteiger partial charge in [-0.3, -0.25) is 0 Å². The first-order valence-corrected chi connectivity index (χ1v) is 5.99. The van der Waals surface area contributed by atoms with Crippen LogP contribution in [0.2, 0.25) is 5.02 Å². The molecule has 5 heteroatoms. The van der Waals surface area contributed by atoms with E-state index >= 15 is 0 Å². The molecule has 0 amide bonds. The Morgan fingerprint density at radius 2 is 1.63 bits per heavy atom. The summed E-state index contributed by atoms with van der Waals surface area (Å²) in [5.74, 6) is -2.34. The van der Waals surface area contributed by atoms with Gasteiger partial charge in [-0.1, -0.05) is 17.7 Å². The molecular formula is C14H11ClF3N. The van der Waals surface area contributed by atoms with Crippen LogP contribution in [0.1, 0.15) is 17.2 Å². The molecule has 1 unspecified atom stereocenters. The van der Waals surface area contributed by atoms with E-state index in [4.69, 9.17) is 17.3 Å². The van der Waals surface area contributed by atoms with Crippen molar-refractivity contribution in [2.75, 3.05) is 0 Å². The highest BCUT2D eigenvalue weighted by Crippen LogP contribution is 2.22. The molecule has 19 heavy (non-hydrogen) atoms. The van der Waals surface area contributed by atoms with Crippen LogP contribution in [0, 0.1) is 17.5 Å². The van der Waals surface area contributed by atoms with Crippen molar-refractivity contribution < 1.29 is 13.2 Å². The number of halogens is 4. The molecule has 0 aromatic heterocycles. The lowest BCUT2D eigenvalue weighted by atomic mass is 9.99. The molecule has 1 atom stereocenters. The smallest absolute Gasteiger partial charge is 0.159 e. The summed E-state index contributed by atoms with van der Waals surface area (Å²) in [6.45, 7) is 0. The van der Waals surface area contributed by atoms with E-state index in [9.17, 15) is 13.2 Å². The van der Waals surface area contributed by atoms with Crippen molar-refractivity contribution >= 4 is 11.6 Å². The molecule has 0 saturated carbocycles. The molecule has 0 radical (unpaired) electrons. The SMILES string of the molecule is NC(Cc1cc(Cl)ccc1F)c1ccc(F)c(F)c1. The van der Waals surface area contributed by atoms with Crippen LogP contribution < -0.4 is 5.73 Å². The van der Waals surface area contributed by atoms with Crippen LogP contribution in [-0.2, 0) is 6.42 Å². The fraction of sp³-hybridized carbons (Fsp3) is 0.143. The quantitative estimate of drug-likeness (QED) is 0.906. The third-order valence-corrected chi connectivity index (χ3v) is 3.05. The van der Waals surface area contributed by atoms with Crippen LogP contribution in [-0.4, -0.2) is 0 Å². The lowest BCUT2D eigenvalue weighted by Gasteiger charge is -2.13. The molecule has 0 aliphatic rings. The summed E-state index contributed by atoms with van der Waals surface area (Å²) < 4.78 is 39.4. The average molecular weight is 286 g/mol. The second-order valence-electron chi connectivity index (χ2n) is 4.22. The van der Waals surface area contributed by atoms with Crippen LogP contribution in [0.3, 0.4) is 0 Å². The van der Waals surface area contributed by atoms with E-state index in [1.54, 1.807) is 0 Å². The first kappa shape index (κ1) is 13.9. The lowest BCUT2D eigenvalue weighted by molar-refractivity contribution is 0.504. The maximum atomic E-state index is 13.5. The molecule has 0 bridgehead atoms. The molecule has 1 nitrogen and oxygen atoms in total. The Hall–Kier alpha value is -1.52. The third-order valence-electron chi connectivity index (χ3n) is 2.82. The van der Waals surface area contributed by atoms with E-state index in [0.29, 0.717) is 16.1 Å². The summed E-state index contributed by atoms with van der Waals surface area (Å²) in [5.41, 5.74) is 6.60. The molecule has 2 N–H and O–H groups in total. The Morgan fingerprint density at radius 1 is 0.947 bits per heavy atom. The molecule has 2 rings (SSSR count). The summed E-state index contributed by atoms with van der Waals surface area (Å²) >= 11 is 5.78. The Morgan fingerprint density at radius 3 is 2.32 bits per heavy atom. The molecular weight excluding hydrogens is 275 g/mol. The molecule has 0 spiro atoms. The number of rotatable bonds is 3. The van der Waals surface area contributed by atoms with Gasteiger partial charge in [-0.25, -0.2) is 13.2 Å². The Balaban J connectivity index is 2.22. The summed E-state index contributed by atoms with van der Waals surface area (Å²) in [5, 5.41) is 0.397. The van der Waals surface area contributed by atoms with Gasteiger partial charge in [-0.2, -0.15) is 0 Å². The molecule has 0 aliphatic carbocycles. The van der Waals surface area contributed by atoms with Gasteiger partial charge in [0.05, 0.1) is 0 Å². The zero-order chi connectivity index (χ0) is 14.0. The highest BCUT2D eigenvalue weighted by molar-refractivity contribution is 6.30. The van der Waals surface area contributed by atoms with Crippen molar-refractivity contribution in [1.82, 2.24) is 0 Å². The zero-order valence-electron chi connectivity index (χ0n) is 9.84. The average Bonchev–Trinajstić information content (AvgIpc) is 2.37. The first-order chi connectivity index (χ1) is 8.97. The maximum Gasteiger partial charge on any atom is 0.159 e. The minimum atomic E-state index is -0.973. The second kappa shape index (κ2) is 5.63. The molecule has 100 valence electrons. The van der Waals surface area contributed by atoms with E-state index in [0.717, 1.165) is 12.1 Å². The summed E-state index contributed by atoms with van der Waals surface area (Å²) in [7, 11) is 0. The molecule has 2 aromatic rings. The number of nitrogens with two attached hydrogens (primary N) is 1. The van der Waals surface area contributed by atoms with E-state index in [1.165, 1.54) is 24.3 Å². The zero-order valence-corrected chi connectivity index (χ0v) is 10.6. The second-order valence-corrected chi connectivity index (χ2v) is 4.66. The number of hydrogen-bond donors (Lipinski definition) is 1. The fourth-order valence-electron chi connectivity index (χ4n) is 1.80. The van der Waals surface area contributed by atoms with Gasteiger partial charge in [-0.15, -0.1) is 0 Å². The van der Waals surface area contributed by atoms with Gasteiger partial charge in [0, 0.05) is 11.1 Å². The molecule has 0 saturated heterocycles. The van der Waals surface area contributed by atoms with E-state index in [1.807, 2.05) is 0 Å². The van der Waals surface area contributed by atoms with Crippen LogP contribution in [0.4, 0.5) is 13.2 Å². The topological polar surface area (TPSA) is 26.0 Å². The minimum Gasteiger partial charge on any atom is -0.324 e. The molecule has 0 fully saturated rings. The van der Waals surface area contributed by atoms with Gasteiger partial charge in [0.25, 0.3) is 0 Å². The normalized spacial score (nSPS) is 12.5.